The van der Waals surface area contributed by atoms with Crippen LogP contribution in [0.2, 0.25) is 5.02 Å². The van der Waals surface area contributed by atoms with E-state index in [-0.39, 0.29) is 23.2 Å². The maximum absolute atomic E-state index is 14.3. The number of hydrogen-bond donors (Lipinski definition) is 2. The second-order valence-electron chi connectivity index (χ2n) is 6.57. The van der Waals surface area contributed by atoms with Gasteiger partial charge < -0.3 is 9.84 Å². The number of halogens is 2. The lowest BCUT2D eigenvalue weighted by molar-refractivity contribution is 0.0691. The third-order valence-corrected chi connectivity index (χ3v) is 5.07. The molecule has 7 heteroatoms. The van der Waals surface area contributed by atoms with Crippen LogP contribution in [0.5, 0.6) is 0 Å². The molecule has 0 bridgehead atoms. The molecule has 5 nitrogen and oxygen atoms in total. The zero-order valence-electron chi connectivity index (χ0n) is 15.0. The monoisotopic (exact) mass is 411 g/mol. The summed E-state index contributed by atoms with van der Waals surface area (Å²) in [4.78, 5) is 23.4. The molecule has 4 rings (SSSR count). The lowest BCUT2D eigenvalue weighted by Gasteiger charge is -2.15. The number of rotatable bonds is 4. The Kier molecular flexibility index (Phi) is 4.94. The fourth-order valence-corrected chi connectivity index (χ4v) is 3.80. The number of amides is 1. The normalized spacial score (nSPS) is 12.2. The first-order valence-electron chi connectivity index (χ1n) is 8.80. The Balaban J connectivity index is 1.52. The van der Waals surface area contributed by atoms with E-state index in [1.165, 1.54) is 0 Å². The average Bonchev–Trinajstić information content (AvgIpc) is 3.02. The van der Waals surface area contributed by atoms with Crippen molar-refractivity contribution in [1.82, 2.24) is 0 Å². The highest BCUT2D eigenvalue weighted by Gasteiger charge is 2.29. The summed E-state index contributed by atoms with van der Waals surface area (Å²) in [6.45, 7) is 0.0494. The lowest BCUT2D eigenvalue weighted by atomic mass is 9.98. The second kappa shape index (κ2) is 7.56. The molecule has 1 amide bonds. The Hall–Kier alpha value is -3.38. The Bertz CT molecular complexity index is 1090. The van der Waals surface area contributed by atoms with Gasteiger partial charge in [0.25, 0.3) is 0 Å². The van der Waals surface area contributed by atoms with Crippen LogP contribution in [0.15, 0.2) is 60.7 Å². The summed E-state index contributed by atoms with van der Waals surface area (Å²) in [5.74, 6) is -2.72. The van der Waals surface area contributed by atoms with Crippen LogP contribution in [0.25, 0.3) is 11.1 Å². The lowest BCUT2D eigenvalue weighted by Crippen LogP contribution is -2.19. The summed E-state index contributed by atoms with van der Waals surface area (Å²) < 4.78 is 19.6. The summed E-state index contributed by atoms with van der Waals surface area (Å²) >= 11 is 5.82. The smallest absolute Gasteiger partial charge is 0.411 e. The molecule has 0 fully saturated rings. The van der Waals surface area contributed by atoms with E-state index >= 15 is 0 Å². The van der Waals surface area contributed by atoms with Gasteiger partial charge in [-0.1, -0.05) is 60.1 Å². The number of anilines is 1. The fourth-order valence-electron chi connectivity index (χ4n) is 3.58. The number of carbonyl (C=O) groups excluding carboxylic acids is 1. The summed E-state index contributed by atoms with van der Waals surface area (Å²) in [5.41, 5.74) is 3.28. The van der Waals surface area contributed by atoms with Crippen LogP contribution < -0.4 is 5.32 Å². The highest BCUT2D eigenvalue weighted by molar-refractivity contribution is 6.31. The van der Waals surface area contributed by atoms with Gasteiger partial charge in [-0.15, -0.1) is 0 Å². The SMILES string of the molecule is O=C(Nc1cc(Cl)cc(C(=O)O)c1F)OCC1c2ccccc2-c2ccccc21. The van der Waals surface area contributed by atoms with E-state index in [1.807, 2.05) is 48.5 Å². The van der Waals surface area contributed by atoms with Crippen molar-refractivity contribution >= 4 is 29.4 Å². The Labute approximate surface area is 170 Å². The molecule has 29 heavy (non-hydrogen) atoms. The molecule has 1 aliphatic rings. The molecular weight excluding hydrogens is 397 g/mol. The van der Waals surface area contributed by atoms with Gasteiger partial charge in [-0.2, -0.15) is 0 Å². The number of aromatic carboxylic acids is 1. The largest absolute Gasteiger partial charge is 0.478 e. The summed E-state index contributed by atoms with van der Waals surface area (Å²) in [5, 5.41) is 11.3. The zero-order chi connectivity index (χ0) is 20.5. The molecule has 146 valence electrons. The van der Waals surface area contributed by atoms with Crippen LogP contribution in [0.1, 0.15) is 27.4 Å². The standard InChI is InChI=1S/C22H15ClFNO4/c23-12-9-17(21(26)27)20(24)19(10-12)25-22(28)29-11-18-15-7-3-1-5-13(15)14-6-2-4-8-16(14)18/h1-10,18H,11H2,(H,25,28)(H,26,27). The number of nitrogens with one attached hydrogen (secondary N) is 1. The van der Waals surface area contributed by atoms with Gasteiger partial charge in [0.1, 0.15) is 6.61 Å². The summed E-state index contributed by atoms with van der Waals surface area (Å²) in [7, 11) is 0. The van der Waals surface area contributed by atoms with Crippen LogP contribution in [0.4, 0.5) is 14.9 Å². The van der Waals surface area contributed by atoms with Crippen molar-refractivity contribution in [3.05, 3.63) is 88.2 Å². The summed E-state index contributed by atoms with van der Waals surface area (Å²) in [6.07, 6.45) is -0.899. The van der Waals surface area contributed by atoms with Crippen LogP contribution in [0.3, 0.4) is 0 Å². The van der Waals surface area contributed by atoms with Crippen molar-refractivity contribution in [3.63, 3.8) is 0 Å². The molecule has 0 aromatic heterocycles. The Morgan fingerprint density at radius 3 is 2.21 bits per heavy atom. The Morgan fingerprint density at radius 2 is 1.62 bits per heavy atom. The van der Waals surface area contributed by atoms with Crippen molar-refractivity contribution in [2.24, 2.45) is 0 Å². The van der Waals surface area contributed by atoms with Gasteiger partial charge in [0.2, 0.25) is 0 Å². The molecule has 3 aromatic rings. The van der Waals surface area contributed by atoms with E-state index in [4.69, 9.17) is 21.4 Å². The predicted octanol–water partition coefficient (Wildman–Crippen LogP) is 5.54. The molecule has 0 atom stereocenters. The van der Waals surface area contributed by atoms with Crippen molar-refractivity contribution in [2.45, 2.75) is 5.92 Å². The van der Waals surface area contributed by atoms with Gasteiger partial charge in [-0.05, 0) is 34.4 Å². The van der Waals surface area contributed by atoms with Crippen molar-refractivity contribution in [2.75, 3.05) is 11.9 Å². The highest BCUT2D eigenvalue weighted by atomic mass is 35.5. The summed E-state index contributed by atoms with van der Waals surface area (Å²) in [6, 6.07) is 17.9. The minimum Gasteiger partial charge on any atom is -0.478 e. The van der Waals surface area contributed by atoms with Crippen LogP contribution >= 0.6 is 11.6 Å². The Morgan fingerprint density at radius 1 is 1.03 bits per heavy atom. The number of benzene rings is 3. The molecule has 0 saturated heterocycles. The molecular formula is C22H15ClFNO4. The number of carboxylic acids is 1. The van der Waals surface area contributed by atoms with E-state index in [2.05, 4.69) is 5.32 Å². The third-order valence-electron chi connectivity index (χ3n) is 4.85. The molecule has 0 spiro atoms. The van der Waals surface area contributed by atoms with Crippen LogP contribution in [-0.4, -0.2) is 23.8 Å². The van der Waals surface area contributed by atoms with E-state index < -0.39 is 23.4 Å². The van der Waals surface area contributed by atoms with E-state index in [0.29, 0.717) is 0 Å². The van der Waals surface area contributed by atoms with Gasteiger partial charge in [0, 0.05) is 10.9 Å². The van der Waals surface area contributed by atoms with Gasteiger partial charge in [-0.25, -0.2) is 14.0 Å². The van der Waals surface area contributed by atoms with Gasteiger partial charge in [0.05, 0.1) is 11.3 Å². The maximum Gasteiger partial charge on any atom is 0.411 e. The number of carboxylic acid groups (broad SMARTS) is 1. The minimum atomic E-state index is -1.49. The van der Waals surface area contributed by atoms with Gasteiger partial charge in [-0.3, -0.25) is 5.32 Å². The van der Waals surface area contributed by atoms with Crippen LogP contribution in [0, 0.1) is 5.82 Å². The second-order valence-corrected chi connectivity index (χ2v) is 7.01. The molecule has 0 aliphatic heterocycles. The molecule has 2 N–H and O–H groups in total. The van der Waals surface area contributed by atoms with Gasteiger partial charge >= 0.3 is 12.1 Å². The van der Waals surface area contributed by atoms with Crippen LogP contribution in [-0.2, 0) is 4.74 Å². The first-order valence-corrected chi connectivity index (χ1v) is 9.18. The van der Waals surface area contributed by atoms with Gasteiger partial charge in [0.15, 0.2) is 5.82 Å². The topological polar surface area (TPSA) is 75.6 Å². The van der Waals surface area contributed by atoms with Crippen molar-refractivity contribution in [3.8, 4) is 11.1 Å². The zero-order valence-corrected chi connectivity index (χ0v) is 15.7. The third kappa shape index (κ3) is 3.54. The number of ether oxygens (including phenoxy) is 1. The molecule has 3 aromatic carbocycles. The van der Waals surface area contributed by atoms with E-state index in [9.17, 15) is 14.0 Å². The molecule has 0 heterocycles. The number of fused-ring (bicyclic) bond motifs is 3. The number of carbonyl (C=O) groups is 2. The molecule has 0 saturated carbocycles. The maximum atomic E-state index is 14.3. The predicted molar refractivity (Wildman–Crippen MR) is 107 cm³/mol. The first-order chi connectivity index (χ1) is 14.0. The van der Waals surface area contributed by atoms with E-state index in [0.717, 1.165) is 34.4 Å². The quantitative estimate of drug-likeness (QED) is 0.591. The average molecular weight is 412 g/mol. The number of hydrogen-bond acceptors (Lipinski definition) is 3. The molecule has 0 radical (unpaired) electrons. The minimum absolute atomic E-state index is 0.0160. The van der Waals surface area contributed by atoms with Crippen molar-refractivity contribution < 1.29 is 23.8 Å². The van der Waals surface area contributed by atoms with Crippen molar-refractivity contribution in [1.29, 1.82) is 0 Å². The first kappa shape index (κ1) is 19.0. The molecule has 1 aliphatic carbocycles. The fraction of sp³-hybridized carbons (Fsp3) is 0.0909. The molecule has 0 unspecified atom stereocenters. The van der Waals surface area contributed by atoms with E-state index in [1.54, 1.807) is 0 Å². The highest BCUT2D eigenvalue weighted by Crippen LogP contribution is 2.44.